The summed E-state index contributed by atoms with van der Waals surface area (Å²) in [6.07, 6.45) is 6.67. The van der Waals surface area contributed by atoms with E-state index in [1.165, 1.54) is 18.9 Å². The molecule has 1 aromatic carbocycles. The van der Waals surface area contributed by atoms with Crippen LogP contribution in [0.2, 0.25) is 0 Å². The van der Waals surface area contributed by atoms with Crippen LogP contribution in [0.5, 0.6) is 0 Å². The third-order valence-corrected chi connectivity index (χ3v) is 5.48. The van der Waals surface area contributed by atoms with E-state index in [9.17, 15) is 13.2 Å². The van der Waals surface area contributed by atoms with Gasteiger partial charge in [-0.3, -0.25) is 4.79 Å². The third-order valence-electron chi connectivity index (χ3n) is 3.96. The molecule has 0 aliphatic heterocycles. The first-order chi connectivity index (χ1) is 10.0. The molecule has 0 radical (unpaired) electrons. The first kappa shape index (κ1) is 16.2. The third kappa shape index (κ3) is 4.38. The van der Waals surface area contributed by atoms with Gasteiger partial charge in [-0.2, -0.15) is 0 Å². The lowest BCUT2D eigenvalue weighted by molar-refractivity contribution is 0.0988. The molecule has 0 bridgehead atoms. The Hall–Kier alpha value is -1.20. The molecule has 4 nitrogen and oxygen atoms in total. The van der Waals surface area contributed by atoms with Crippen LogP contribution in [0.4, 0.5) is 0 Å². The minimum atomic E-state index is -3.54. The number of ketones is 1. The Bertz CT molecular complexity index is 587. The fourth-order valence-electron chi connectivity index (χ4n) is 2.73. The van der Waals surface area contributed by atoms with Crippen LogP contribution in [0.1, 0.15) is 62.2 Å². The number of Topliss-reactive ketones (excluding diaryl/α,β-unsaturated/α-hetero) is 1. The monoisotopic (exact) mass is 309 g/mol. The summed E-state index contributed by atoms with van der Waals surface area (Å²) in [6.45, 7) is 1.77. The highest BCUT2D eigenvalue weighted by atomic mass is 32.2. The van der Waals surface area contributed by atoms with Gasteiger partial charge in [0.25, 0.3) is 0 Å². The normalized spacial score (nSPS) is 17.4. The molecule has 1 aromatic rings. The Morgan fingerprint density at radius 1 is 1.19 bits per heavy atom. The second-order valence-electron chi connectivity index (χ2n) is 5.61. The van der Waals surface area contributed by atoms with E-state index in [0.717, 1.165) is 25.7 Å². The molecule has 2 rings (SSSR count). The summed E-state index contributed by atoms with van der Waals surface area (Å²) >= 11 is 0. The standard InChI is InChI=1S/C16H23NO3S/c1-2-16(18)13-8-7-11-15(12-13)21(19,20)17-14-9-5-3-4-6-10-14/h7-8,11-12,14,17H,2-6,9-10H2,1H3. The Balaban J connectivity index is 2.16. The van der Waals surface area contributed by atoms with E-state index in [1.807, 2.05) is 0 Å². The number of nitrogens with one attached hydrogen (secondary N) is 1. The largest absolute Gasteiger partial charge is 0.294 e. The van der Waals surface area contributed by atoms with Crippen molar-refractivity contribution in [3.63, 3.8) is 0 Å². The van der Waals surface area contributed by atoms with Crippen molar-refractivity contribution in [3.05, 3.63) is 29.8 Å². The van der Waals surface area contributed by atoms with E-state index >= 15 is 0 Å². The molecule has 0 unspecified atom stereocenters. The summed E-state index contributed by atoms with van der Waals surface area (Å²) in [6, 6.07) is 6.33. The minimum Gasteiger partial charge on any atom is -0.294 e. The maximum atomic E-state index is 12.5. The lowest BCUT2D eigenvalue weighted by Crippen LogP contribution is -2.34. The maximum absolute atomic E-state index is 12.5. The summed E-state index contributed by atoms with van der Waals surface area (Å²) in [7, 11) is -3.54. The molecule has 0 spiro atoms. The van der Waals surface area contributed by atoms with Gasteiger partial charge in [0.2, 0.25) is 10.0 Å². The van der Waals surface area contributed by atoms with E-state index in [1.54, 1.807) is 25.1 Å². The van der Waals surface area contributed by atoms with E-state index < -0.39 is 10.0 Å². The van der Waals surface area contributed by atoms with Crippen LogP contribution in [-0.4, -0.2) is 20.2 Å². The predicted octanol–water partition coefficient (Wildman–Crippen LogP) is 3.28. The first-order valence-corrected chi connectivity index (χ1v) is 9.17. The van der Waals surface area contributed by atoms with E-state index in [-0.39, 0.29) is 16.7 Å². The molecule has 1 saturated carbocycles. The van der Waals surface area contributed by atoms with Crippen LogP contribution in [0, 0.1) is 0 Å². The number of carbonyl (C=O) groups is 1. The van der Waals surface area contributed by atoms with Crippen molar-refractivity contribution in [2.24, 2.45) is 0 Å². The van der Waals surface area contributed by atoms with Crippen molar-refractivity contribution in [1.82, 2.24) is 4.72 Å². The molecule has 1 N–H and O–H groups in total. The molecule has 0 heterocycles. The van der Waals surface area contributed by atoms with Crippen LogP contribution in [0.15, 0.2) is 29.2 Å². The van der Waals surface area contributed by atoms with Crippen molar-refractivity contribution < 1.29 is 13.2 Å². The van der Waals surface area contributed by atoms with E-state index in [2.05, 4.69) is 4.72 Å². The number of hydrogen-bond acceptors (Lipinski definition) is 3. The van der Waals surface area contributed by atoms with Gasteiger partial charge in [-0.15, -0.1) is 0 Å². The van der Waals surface area contributed by atoms with Gasteiger partial charge in [-0.1, -0.05) is 44.7 Å². The summed E-state index contributed by atoms with van der Waals surface area (Å²) in [5.74, 6) is -0.0403. The lowest BCUT2D eigenvalue weighted by Gasteiger charge is -2.16. The molecule has 0 aromatic heterocycles. The molecule has 0 amide bonds. The average molecular weight is 309 g/mol. The molecule has 1 aliphatic rings. The lowest BCUT2D eigenvalue weighted by atomic mass is 10.1. The summed E-state index contributed by atoms with van der Waals surface area (Å²) in [5.41, 5.74) is 0.459. The summed E-state index contributed by atoms with van der Waals surface area (Å²) < 4.78 is 27.7. The van der Waals surface area contributed by atoms with E-state index in [0.29, 0.717) is 12.0 Å². The molecule has 1 aliphatic carbocycles. The highest BCUT2D eigenvalue weighted by molar-refractivity contribution is 7.89. The van der Waals surface area contributed by atoms with Gasteiger partial charge in [0.15, 0.2) is 5.78 Å². The number of benzene rings is 1. The average Bonchev–Trinajstić information content (AvgIpc) is 2.74. The van der Waals surface area contributed by atoms with Gasteiger partial charge in [0.05, 0.1) is 4.90 Å². The van der Waals surface area contributed by atoms with Crippen LogP contribution in [-0.2, 0) is 10.0 Å². The summed E-state index contributed by atoms with van der Waals surface area (Å²) in [5, 5.41) is 0. The fourth-order valence-corrected chi connectivity index (χ4v) is 4.08. The van der Waals surface area contributed by atoms with Crippen molar-refractivity contribution >= 4 is 15.8 Å². The Kier molecular flexibility index (Phi) is 5.53. The summed E-state index contributed by atoms with van der Waals surface area (Å²) in [4.78, 5) is 11.9. The van der Waals surface area contributed by atoms with Crippen LogP contribution >= 0.6 is 0 Å². The van der Waals surface area contributed by atoms with Crippen LogP contribution in [0.25, 0.3) is 0 Å². The van der Waals surface area contributed by atoms with Gasteiger partial charge in [-0.05, 0) is 25.0 Å². The van der Waals surface area contributed by atoms with Crippen molar-refractivity contribution in [1.29, 1.82) is 0 Å². The van der Waals surface area contributed by atoms with Crippen molar-refractivity contribution in [2.45, 2.75) is 62.8 Å². The van der Waals surface area contributed by atoms with Crippen molar-refractivity contribution in [3.8, 4) is 0 Å². The number of sulfonamides is 1. The number of carbonyl (C=O) groups excluding carboxylic acids is 1. The maximum Gasteiger partial charge on any atom is 0.240 e. The highest BCUT2D eigenvalue weighted by Crippen LogP contribution is 2.20. The second kappa shape index (κ2) is 7.18. The highest BCUT2D eigenvalue weighted by Gasteiger charge is 2.21. The molecular formula is C16H23NO3S. The van der Waals surface area contributed by atoms with Gasteiger partial charge < -0.3 is 0 Å². The zero-order valence-electron chi connectivity index (χ0n) is 12.5. The molecule has 0 saturated heterocycles. The minimum absolute atomic E-state index is 0.0167. The zero-order chi connectivity index (χ0) is 15.3. The van der Waals surface area contributed by atoms with Gasteiger partial charge in [-0.25, -0.2) is 13.1 Å². The quantitative estimate of drug-likeness (QED) is 0.670. The van der Waals surface area contributed by atoms with Gasteiger partial charge in [0, 0.05) is 18.0 Å². The molecule has 21 heavy (non-hydrogen) atoms. The molecule has 5 heteroatoms. The Labute approximate surface area is 127 Å². The predicted molar refractivity (Wildman–Crippen MR) is 82.9 cm³/mol. The van der Waals surface area contributed by atoms with E-state index in [4.69, 9.17) is 0 Å². The van der Waals surface area contributed by atoms with Crippen LogP contribution < -0.4 is 4.72 Å². The molecular weight excluding hydrogens is 286 g/mol. The molecule has 0 atom stereocenters. The Morgan fingerprint density at radius 2 is 1.86 bits per heavy atom. The second-order valence-corrected chi connectivity index (χ2v) is 7.33. The molecule has 1 fully saturated rings. The molecule has 116 valence electrons. The van der Waals surface area contributed by atoms with Gasteiger partial charge in [0.1, 0.15) is 0 Å². The smallest absolute Gasteiger partial charge is 0.240 e. The zero-order valence-corrected chi connectivity index (χ0v) is 13.3. The fraction of sp³-hybridized carbons (Fsp3) is 0.562. The SMILES string of the molecule is CCC(=O)c1cccc(S(=O)(=O)NC2CCCCCC2)c1. The Morgan fingerprint density at radius 3 is 2.48 bits per heavy atom. The topological polar surface area (TPSA) is 63.2 Å². The van der Waals surface area contributed by atoms with Crippen LogP contribution in [0.3, 0.4) is 0 Å². The first-order valence-electron chi connectivity index (χ1n) is 7.68. The number of rotatable bonds is 5. The van der Waals surface area contributed by atoms with Crippen molar-refractivity contribution in [2.75, 3.05) is 0 Å². The van der Waals surface area contributed by atoms with Gasteiger partial charge >= 0.3 is 0 Å². The number of hydrogen-bond donors (Lipinski definition) is 1.